The SMILES string of the molecule is COc1ccc2c(c1)C(=O)CC(C(N)=O)C2. The average molecular weight is 219 g/mol. The molecular weight excluding hydrogens is 206 g/mol. The van der Waals surface area contributed by atoms with E-state index >= 15 is 0 Å². The first kappa shape index (κ1) is 10.7. The monoisotopic (exact) mass is 219 g/mol. The highest BCUT2D eigenvalue weighted by molar-refractivity contribution is 6.01. The Morgan fingerprint density at radius 2 is 2.19 bits per heavy atom. The number of ketones is 1. The zero-order valence-corrected chi connectivity index (χ0v) is 9.03. The van der Waals surface area contributed by atoms with Crippen LogP contribution in [0.25, 0.3) is 0 Å². The van der Waals surface area contributed by atoms with Crippen molar-refractivity contribution < 1.29 is 14.3 Å². The number of amides is 1. The number of hydrogen-bond donors (Lipinski definition) is 1. The molecule has 2 N–H and O–H groups in total. The summed E-state index contributed by atoms with van der Waals surface area (Å²) in [5.74, 6) is -0.156. The smallest absolute Gasteiger partial charge is 0.221 e. The number of carbonyl (C=O) groups is 2. The van der Waals surface area contributed by atoms with Gasteiger partial charge in [0.1, 0.15) is 5.75 Å². The van der Waals surface area contributed by atoms with Crippen LogP contribution in [0, 0.1) is 5.92 Å². The topological polar surface area (TPSA) is 69.4 Å². The largest absolute Gasteiger partial charge is 0.497 e. The molecule has 1 aromatic carbocycles. The molecule has 0 fully saturated rings. The van der Waals surface area contributed by atoms with Crippen molar-refractivity contribution in [1.29, 1.82) is 0 Å². The van der Waals surface area contributed by atoms with E-state index in [1.807, 2.05) is 6.07 Å². The Bertz CT molecular complexity index is 454. The van der Waals surface area contributed by atoms with Crippen LogP contribution in [0.2, 0.25) is 0 Å². The fourth-order valence-electron chi connectivity index (χ4n) is 1.99. The summed E-state index contributed by atoms with van der Waals surface area (Å²) in [5.41, 5.74) is 6.75. The zero-order chi connectivity index (χ0) is 11.7. The Kier molecular flexibility index (Phi) is 2.64. The van der Waals surface area contributed by atoms with E-state index in [-0.39, 0.29) is 18.1 Å². The maximum atomic E-state index is 11.8. The molecule has 4 heteroatoms. The summed E-state index contributed by atoms with van der Waals surface area (Å²) in [6, 6.07) is 5.32. The summed E-state index contributed by atoms with van der Waals surface area (Å²) in [4.78, 5) is 22.9. The molecular formula is C12H13NO3. The molecule has 1 aromatic rings. The summed E-state index contributed by atoms with van der Waals surface area (Å²) < 4.78 is 5.06. The Morgan fingerprint density at radius 1 is 1.44 bits per heavy atom. The van der Waals surface area contributed by atoms with Gasteiger partial charge in [0.15, 0.2) is 5.78 Å². The third-order valence-electron chi connectivity index (χ3n) is 2.92. The molecule has 1 aliphatic rings. The van der Waals surface area contributed by atoms with Crippen molar-refractivity contribution in [3.8, 4) is 5.75 Å². The summed E-state index contributed by atoms with van der Waals surface area (Å²) in [6.45, 7) is 0. The van der Waals surface area contributed by atoms with Gasteiger partial charge in [-0.05, 0) is 24.1 Å². The molecule has 0 radical (unpaired) electrons. The number of rotatable bonds is 2. The Labute approximate surface area is 93.4 Å². The highest BCUT2D eigenvalue weighted by atomic mass is 16.5. The lowest BCUT2D eigenvalue weighted by molar-refractivity contribution is -0.121. The van der Waals surface area contributed by atoms with Gasteiger partial charge in [0.2, 0.25) is 5.91 Å². The van der Waals surface area contributed by atoms with Gasteiger partial charge in [-0.3, -0.25) is 9.59 Å². The molecule has 4 nitrogen and oxygen atoms in total. The van der Waals surface area contributed by atoms with Gasteiger partial charge in [0, 0.05) is 17.9 Å². The van der Waals surface area contributed by atoms with Crippen LogP contribution < -0.4 is 10.5 Å². The number of hydrogen-bond acceptors (Lipinski definition) is 3. The molecule has 1 unspecified atom stereocenters. The summed E-state index contributed by atoms with van der Waals surface area (Å²) in [5, 5.41) is 0. The Balaban J connectivity index is 2.38. The van der Waals surface area contributed by atoms with Crippen LogP contribution in [-0.4, -0.2) is 18.8 Å². The number of fused-ring (bicyclic) bond motifs is 1. The second kappa shape index (κ2) is 3.96. The minimum absolute atomic E-state index is 0.0380. The first-order chi connectivity index (χ1) is 7.61. The molecule has 1 atom stereocenters. The molecule has 0 bridgehead atoms. The molecule has 0 aromatic heterocycles. The molecule has 2 rings (SSSR count). The van der Waals surface area contributed by atoms with E-state index in [0.29, 0.717) is 17.7 Å². The summed E-state index contributed by atoms with van der Waals surface area (Å²) >= 11 is 0. The van der Waals surface area contributed by atoms with Crippen LogP contribution in [0.5, 0.6) is 5.75 Å². The van der Waals surface area contributed by atoms with E-state index in [4.69, 9.17) is 10.5 Å². The van der Waals surface area contributed by atoms with Crippen LogP contribution in [0.15, 0.2) is 18.2 Å². The average Bonchev–Trinajstić information content (AvgIpc) is 2.28. The van der Waals surface area contributed by atoms with Crippen molar-refractivity contribution in [2.24, 2.45) is 11.7 Å². The maximum Gasteiger partial charge on any atom is 0.221 e. The first-order valence-corrected chi connectivity index (χ1v) is 5.11. The van der Waals surface area contributed by atoms with E-state index in [0.717, 1.165) is 5.56 Å². The van der Waals surface area contributed by atoms with Gasteiger partial charge in [-0.2, -0.15) is 0 Å². The molecule has 0 spiro atoms. The zero-order valence-electron chi connectivity index (χ0n) is 9.03. The van der Waals surface area contributed by atoms with Crippen molar-refractivity contribution >= 4 is 11.7 Å². The second-order valence-corrected chi connectivity index (χ2v) is 3.95. The lowest BCUT2D eigenvalue weighted by atomic mass is 9.82. The van der Waals surface area contributed by atoms with E-state index in [9.17, 15) is 9.59 Å². The predicted octanol–water partition coefficient (Wildman–Crippen LogP) is 0.926. The molecule has 1 aliphatic carbocycles. The number of ether oxygens (including phenoxy) is 1. The van der Waals surface area contributed by atoms with E-state index in [2.05, 4.69) is 0 Å². The Morgan fingerprint density at radius 3 is 2.81 bits per heavy atom. The van der Waals surface area contributed by atoms with E-state index in [1.54, 1.807) is 19.2 Å². The first-order valence-electron chi connectivity index (χ1n) is 5.11. The lowest BCUT2D eigenvalue weighted by Crippen LogP contribution is -2.31. The molecule has 84 valence electrons. The van der Waals surface area contributed by atoms with Gasteiger partial charge in [0.25, 0.3) is 0 Å². The minimum Gasteiger partial charge on any atom is -0.497 e. The van der Waals surface area contributed by atoms with Crippen LogP contribution in [0.3, 0.4) is 0 Å². The van der Waals surface area contributed by atoms with Crippen molar-refractivity contribution in [1.82, 2.24) is 0 Å². The van der Waals surface area contributed by atoms with Gasteiger partial charge in [0.05, 0.1) is 7.11 Å². The maximum absolute atomic E-state index is 11.8. The quantitative estimate of drug-likeness (QED) is 0.804. The number of Topliss-reactive ketones (excluding diaryl/α,β-unsaturated/α-hetero) is 1. The van der Waals surface area contributed by atoms with Crippen molar-refractivity contribution in [3.63, 3.8) is 0 Å². The van der Waals surface area contributed by atoms with Gasteiger partial charge in [-0.15, -0.1) is 0 Å². The van der Waals surface area contributed by atoms with Crippen LogP contribution in [0.4, 0.5) is 0 Å². The fourth-order valence-corrected chi connectivity index (χ4v) is 1.99. The summed E-state index contributed by atoms with van der Waals surface area (Å²) in [6.07, 6.45) is 0.746. The number of primary amides is 1. The third-order valence-corrected chi connectivity index (χ3v) is 2.92. The summed E-state index contributed by atoms with van der Waals surface area (Å²) in [7, 11) is 1.56. The number of methoxy groups -OCH3 is 1. The van der Waals surface area contributed by atoms with E-state index < -0.39 is 5.91 Å². The molecule has 0 aliphatic heterocycles. The standard InChI is InChI=1S/C12H13NO3/c1-16-9-3-2-7-4-8(12(13)15)5-11(14)10(7)6-9/h2-3,6,8H,4-5H2,1H3,(H2,13,15). The molecule has 0 saturated carbocycles. The van der Waals surface area contributed by atoms with Gasteiger partial charge in [-0.1, -0.05) is 6.07 Å². The number of nitrogens with two attached hydrogens (primary N) is 1. The Hall–Kier alpha value is -1.84. The highest BCUT2D eigenvalue weighted by Gasteiger charge is 2.28. The lowest BCUT2D eigenvalue weighted by Gasteiger charge is -2.21. The fraction of sp³-hybridized carbons (Fsp3) is 0.333. The van der Waals surface area contributed by atoms with Crippen LogP contribution in [0.1, 0.15) is 22.3 Å². The molecule has 0 saturated heterocycles. The van der Waals surface area contributed by atoms with Gasteiger partial charge in [-0.25, -0.2) is 0 Å². The highest BCUT2D eigenvalue weighted by Crippen LogP contribution is 2.28. The van der Waals surface area contributed by atoms with E-state index in [1.165, 1.54) is 0 Å². The second-order valence-electron chi connectivity index (χ2n) is 3.95. The van der Waals surface area contributed by atoms with Gasteiger partial charge >= 0.3 is 0 Å². The number of benzene rings is 1. The van der Waals surface area contributed by atoms with Crippen molar-refractivity contribution in [2.75, 3.05) is 7.11 Å². The normalized spacial score (nSPS) is 19.1. The number of carbonyl (C=O) groups excluding carboxylic acids is 2. The molecule has 0 heterocycles. The molecule has 1 amide bonds. The molecule has 16 heavy (non-hydrogen) atoms. The third kappa shape index (κ3) is 1.78. The van der Waals surface area contributed by atoms with Crippen molar-refractivity contribution in [2.45, 2.75) is 12.8 Å². The minimum atomic E-state index is -0.408. The van der Waals surface area contributed by atoms with Crippen molar-refractivity contribution in [3.05, 3.63) is 29.3 Å². The van der Waals surface area contributed by atoms with Gasteiger partial charge < -0.3 is 10.5 Å². The van der Waals surface area contributed by atoms with Crippen LogP contribution in [-0.2, 0) is 11.2 Å². The van der Waals surface area contributed by atoms with Crippen LogP contribution >= 0.6 is 0 Å². The predicted molar refractivity (Wildman–Crippen MR) is 58.3 cm³/mol.